The number of nitrogens with one attached hydrogen (secondary N) is 1. The van der Waals surface area contributed by atoms with Crippen molar-refractivity contribution in [1.29, 1.82) is 0 Å². The third-order valence-electron chi connectivity index (χ3n) is 7.58. The summed E-state index contributed by atoms with van der Waals surface area (Å²) in [7, 11) is 0. The van der Waals surface area contributed by atoms with Crippen molar-refractivity contribution in [1.82, 2.24) is 14.7 Å². The van der Waals surface area contributed by atoms with E-state index in [9.17, 15) is 14.4 Å². The lowest BCUT2D eigenvalue weighted by Crippen LogP contribution is -2.51. The highest BCUT2D eigenvalue weighted by atomic mass is 16.2. The zero-order valence-corrected chi connectivity index (χ0v) is 20.1. The van der Waals surface area contributed by atoms with Crippen molar-refractivity contribution in [3.05, 3.63) is 29.8 Å². The molecule has 4 amide bonds. The third kappa shape index (κ3) is 5.87. The van der Waals surface area contributed by atoms with Crippen LogP contribution < -0.4 is 5.32 Å². The highest BCUT2D eigenvalue weighted by Crippen LogP contribution is 2.26. The van der Waals surface area contributed by atoms with Crippen LogP contribution >= 0.6 is 0 Å². The van der Waals surface area contributed by atoms with E-state index in [2.05, 4.69) is 12.2 Å². The van der Waals surface area contributed by atoms with Gasteiger partial charge in [-0.15, -0.1) is 0 Å². The van der Waals surface area contributed by atoms with Crippen molar-refractivity contribution < 1.29 is 14.4 Å². The second-order valence-corrected chi connectivity index (χ2v) is 10.2. The molecular weight excluding hydrogens is 416 g/mol. The van der Waals surface area contributed by atoms with Crippen LogP contribution in [-0.2, 0) is 9.59 Å². The van der Waals surface area contributed by atoms with E-state index in [1.54, 1.807) is 4.90 Å². The lowest BCUT2D eigenvalue weighted by Gasteiger charge is -2.39. The van der Waals surface area contributed by atoms with E-state index in [0.717, 1.165) is 62.9 Å². The Morgan fingerprint density at radius 3 is 2.12 bits per heavy atom. The van der Waals surface area contributed by atoms with E-state index in [0.29, 0.717) is 32.1 Å². The van der Waals surface area contributed by atoms with Gasteiger partial charge in [-0.2, -0.15) is 0 Å². The first kappa shape index (κ1) is 23.6. The Balaban J connectivity index is 1.26. The topological polar surface area (TPSA) is 73.0 Å². The summed E-state index contributed by atoms with van der Waals surface area (Å²) in [6, 6.07) is 7.61. The van der Waals surface area contributed by atoms with Gasteiger partial charge in [0.05, 0.1) is 5.92 Å². The van der Waals surface area contributed by atoms with E-state index in [4.69, 9.17) is 0 Å². The third-order valence-corrected chi connectivity index (χ3v) is 7.58. The number of carbonyl (C=O) groups is 3. The van der Waals surface area contributed by atoms with Crippen molar-refractivity contribution in [3.63, 3.8) is 0 Å². The summed E-state index contributed by atoms with van der Waals surface area (Å²) in [4.78, 5) is 44.6. The van der Waals surface area contributed by atoms with Gasteiger partial charge in [-0.05, 0) is 69.1 Å². The molecule has 0 aliphatic carbocycles. The Kier molecular flexibility index (Phi) is 7.56. The number of urea groups is 1. The van der Waals surface area contributed by atoms with Crippen LogP contribution in [-0.4, -0.2) is 71.8 Å². The Hall–Kier alpha value is -2.57. The van der Waals surface area contributed by atoms with Crippen LogP contribution in [0.4, 0.5) is 10.5 Å². The Bertz CT molecular complexity index is 857. The first-order valence-corrected chi connectivity index (χ1v) is 12.6. The van der Waals surface area contributed by atoms with Gasteiger partial charge in [-0.3, -0.25) is 9.59 Å². The summed E-state index contributed by atoms with van der Waals surface area (Å²) >= 11 is 0. The molecule has 7 heteroatoms. The Morgan fingerprint density at radius 2 is 1.45 bits per heavy atom. The van der Waals surface area contributed by atoms with Gasteiger partial charge in [0.25, 0.3) is 0 Å². The highest BCUT2D eigenvalue weighted by molar-refractivity contribution is 5.90. The number of anilines is 1. The van der Waals surface area contributed by atoms with Gasteiger partial charge in [0.1, 0.15) is 0 Å². The van der Waals surface area contributed by atoms with E-state index >= 15 is 0 Å². The van der Waals surface area contributed by atoms with Crippen molar-refractivity contribution in [3.8, 4) is 0 Å². The van der Waals surface area contributed by atoms with Crippen LogP contribution in [0.1, 0.15) is 51.0 Å². The SMILES string of the molecule is Cc1cccc(NC(=O)N2CCCC(C(=O)N3CCC(C(=O)N4CCC(C)CC4)CC3)C2)c1. The number of carbonyl (C=O) groups excluding carboxylic acids is 3. The molecule has 1 aromatic carbocycles. The van der Waals surface area contributed by atoms with Crippen LogP contribution in [0.5, 0.6) is 0 Å². The predicted octanol–water partition coefficient (Wildman–Crippen LogP) is 3.74. The standard InChI is InChI=1S/C26H38N4O3/c1-19-8-13-28(14-9-19)24(31)21-10-15-29(16-11-21)25(32)22-6-4-12-30(18-22)26(33)27-23-7-3-5-20(2)17-23/h3,5,7,17,19,21-22H,4,6,8-16,18H2,1-2H3,(H,27,33). The first-order chi connectivity index (χ1) is 15.9. The molecule has 1 atom stereocenters. The van der Waals surface area contributed by atoms with E-state index < -0.39 is 0 Å². The molecule has 1 unspecified atom stereocenters. The number of aryl methyl sites for hydroxylation is 1. The molecule has 3 heterocycles. The fraction of sp³-hybridized carbons (Fsp3) is 0.654. The Labute approximate surface area is 197 Å². The minimum absolute atomic E-state index is 0.0467. The first-order valence-electron chi connectivity index (χ1n) is 12.6. The Morgan fingerprint density at radius 1 is 0.818 bits per heavy atom. The molecule has 3 aliphatic rings. The second-order valence-electron chi connectivity index (χ2n) is 10.2. The minimum Gasteiger partial charge on any atom is -0.342 e. The smallest absolute Gasteiger partial charge is 0.321 e. The number of hydrogen-bond donors (Lipinski definition) is 1. The maximum absolute atomic E-state index is 13.2. The molecule has 3 fully saturated rings. The molecule has 33 heavy (non-hydrogen) atoms. The largest absolute Gasteiger partial charge is 0.342 e. The number of likely N-dealkylation sites (tertiary alicyclic amines) is 3. The fourth-order valence-corrected chi connectivity index (χ4v) is 5.38. The van der Waals surface area contributed by atoms with Gasteiger partial charge in [0, 0.05) is 50.9 Å². The average Bonchev–Trinajstić information content (AvgIpc) is 2.84. The lowest BCUT2D eigenvalue weighted by atomic mass is 9.91. The van der Waals surface area contributed by atoms with E-state index in [-0.39, 0.29) is 29.7 Å². The van der Waals surface area contributed by atoms with Crippen molar-refractivity contribution in [2.24, 2.45) is 17.8 Å². The zero-order chi connectivity index (χ0) is 23.4. The molecule has 0 bridgehead atoms. The van der Waals surface area contributed by atoms with Crippen LogP contribution in [0, 0.1) is 24.7 Å². The van der Waals surface area contributed by atoms with Crippen LogP contribution in [0.15, 0.2) is 24.3 Å². The monoisotopic (exact) mass is 454 g/mol. The molecule has 0 aromatic heterocycles. The zero-order valence-electron chi connectivity index (χ0n) is 20.1. The summed E-state index contributed by atoms with van der Waals surface area (Å²) in [5, 5.41) is 2.96. The molecule has 180 valence electrons. The maximum atomic E-state index is 13.2. The van der Waals surface area contributed by atoms with Crippen LogP contribution in [0.25, 0.3) is 0 Å². The van der Waals surface area contributed by atoms with Gasteiger partial charge < -0.3 is 20.0 Å². The lowest BCUT2D eigenvalue weighted by molar-refractivity contribution is -0.144. The number of amides is 4. The molecule has 0 radical (unpaired) electrons. The fourth-order valence-electron chi connectivity index (χ4n) is 5.38. The molecule has 3 saturated heterocycles. The molecule has 0 saturated carbocycles. The number of hydrogen-bond acceptors (Lipinski definition) is 3. The number of nitrogens with zero attached hydrogens (tertiary/aromatic N) is 3. The summed E-state index contributed by atoms with van der Waals surface area (Å²) in [5.74, 6) is 1.03. The van der Waals surface area contributed by atoms with Gasteiger partial charge in [0.15, 0.2) is 0 Å². The molecule has 4 rings (SSSR count). The van der Waals surface area contributed by atoms with Crippen molar-refractivity contribution in [2.45, 2.75) is 52.4 Å². The summed E-state index contributed by atoms with van der Waals surface area (Å²) in [5.41, 5.74) is 1.87. The van der Waals surface area contributed by atoms with Gasteiger partial charge in [0.2, 0.25) is 11.8 Å². The number of piperidine rings is 3. The minimum atomic E-state index is -0.155. The highest BCUT2D eigenvalue weighted by Gasteiger charge is 2.35. The normalized spacial score (nSPS) is 22.8. The molecule has 7 nitrogen and oxygen atoms in total. The van der Waals surface area contributed by atoms with Crippen LogP contribution in [0.2, 0.25) is 0 Å². The molecule has 0 spiro atoms. The average molecular weight is 455 g/mol. The van der Waals surface area contributed by atoms with Gasteiger partial charge in [-0.1, -0.05) is 19.1 Å². The maximum Gasteiger partial charge on any atom is 0.321 e. The summed E-state index contributed by atoms with van der Waals surface area (Å²) in [6.45, 7) is 8.42. The number of benzene rings is 1. The predicted molar refractivity (Wildman–Crippen MR) is 129 cm³/mol. The molecule has 3 aliphatic heterocycles. The molecule has 1 N–H and O–H groups in total. The van der Waals surface area contributed by atoms with Crippen molar-refractivity contribution >= 4 is 23.5 Å². The summed E-state index contributed by atoms with van der Waals surface area (Å²) in [6.07, 6.45) is 5.34. The second kappa shape index (κ2) is 10.6. The van der Waals surface area contributed by atoms with E-state index in [1.165, 1.54) is 0 Å². The summed E-state index contributed by atoms with van der Waals surface area (Å²) < 4.78 is 0. The molecular formula is C26H38N4O3. The van der Waals surface area contributed by atoms with E-state index in [1.807, 2.05) is 41.0 Å². The quantitative estimate of drug-likeness (QED) is 0.756. The van der Waals surface area contributed by atoms with Crippen LogP contribution in [0.3, 0.4) is 0 Å². The van der Waals surface area contributed by atoms with Gasteiger partial charge >= 0.3 is 6.03 Å². The van der Waals surface area contributed by atoms with Gasteiger partial charge in [-0.25, -0.2) is 4.79 Å². The molecule has 1 aromatic rings. The number of rotatable bonds is 3. The van der Waals surface area contributed by atoms with Crippen molar-refractivity contribution in [2.75, 3.05) is 44.6 Å².